The van der Waals surface area contributed by atoms with Gasteiger partial charge in [-0.15, -0.1) is 0 Å². The second-order valence-corrected chi connectivity index (χ2v) is 10.0. The first kappa shape index (κ1) is 24.3. The third kappa shape index (κ3) is 5.63. The number of anilines is 1. The Morgan fingerprint density at radius 1 is 1.12 bits per heavy atom. The van der Waals surface area contributed by atoms with E-state index in [0.29, 0.717) is 22.6 Å². The van der Waals surface area contributed by atoms with Crippen LogP contribution in [0, 0.1) is 0 Å². The Bertz CT molecular complexity index is 1140. The van der Waals surface area contributed by atoms with Crippen molar-refractivity contribution < 1.29 is 18.0 Å². The minimum atomic E-state index is -4.43. The van der Waals surface area contributed by atoms with Crippen LogP contribution in [0.4, 0.5) is 19.0 Å². The zero-order valence-corrected chi connectivity index (χ0v) is 19.9. The van der Waals surface area contributed by atoms with Crippen LogP contribution in [-0.4, -0.2) is 50.5 Å². The van der Waals surface area contributed by atoms with Crippen LogP contribution in [0.3, 0.4) is 0 Å². The van der Waals surface area contributed by atoms with Crippen molar-refractivity contribution in [3.8, 4) is 0 Å². The summed E-state index contributed by atoms with van der Waals surface area (Å²) in [5.74, 6) is 0.456. The van der Waals surface area contributed by atoms with E-state index in [1.165, 1.54) is 18.6 Å². The molecule has 1 amide bonds. The Labute approximate surface area is 200 Å². The molecule has 34 heavy (non-hydrogen) atoms. The Kier molecular flexibility index (Phi) is 7.30. The number of benzene rings is 1. The van der Waals surface area contributed by atoms with Gasteiger partial charge >= 0.3 is 6.18 Å². The highest BCUT2D eigenvalue weighted by atomic mass is 32.2. The first-order valence-corrected chi connectivity index (χ1v) is 12.2. The fourth-order valence-corrected chi connectivity index (χ4v) is 4.58. The van der Waals surface area contributed by atoms with E-state index < -0.39 is 17.6 Å². The van der Waals surface area contributed by atoms with Crippen LogP contribution < -0.4 is 10.2 Å². The van der Waals surface area contributed by atoms with E-state index in [1.807, 2.05) is 0 Å². The van der Waals surface area contributed by atoms with E-state index >= 15 is 0 Å². The number of piperidine rings is 1. The Hall–Kier alpha value is -2.82. The van der Waals surface area contributed by atoms with Gasteiger partial charge in [-0.2, -0.15) is 18.3 Å². The van der Waals surface area contributed by atoms with Crippen LogP contribution in [0.25, 0.3) is 11.0 Å². The lowest BCUT2D eigenvalue weighted by atomic mass is 10.1. The zero-order valence-electron chi connectivity index (χ0n) is 19.1. The van der Waals surface area contributed by atoms with Gasteiger partial charge in [-0.05, 0) is 43.5 Å². The molecule has 0 bridgehead atoms. The van der Waals surface area contributed by atoms with Gasteiger partial charge in [0.05, 0.1) is 23.7 Å². The molecule has 0 atom stereocenters. The topological polar surface area (TPSA) is 75.9 Å². The number of thioether (sulfide) groups is 1. The van der Waals surface area contributed by atoms with Crippen LogP contribution in [0.2, 0.25) is 0 Å². The lowest BCUT2D eigenvalue weighted by Gasteiger charge is -2.28. The number of hydrogen-bond donors (Lipinski definition) is 1. The fraction of sp³-hybridized carbons (Fsp3) is 0.478. The highest BCUT2D eigenvalue weighted by molar-refractivity contribution is 7.99. The summed E-state index contributed by atoms with van der Waals surface area (Å²) in [6.07, 6.45) is 0.805. The van der Waals surface area contributed by atoms with E-state index in [4.69, 9.17) is 9.97 Å². The summed E-state index contributed by atoms with van der Waals surface area (Å²) in [5.41, 5.74) is 0.0949. The fourth-order valence-electron chi connectivity index (χ4n) is 3.88. The van der Waals surface area contributed by atoms with Crippen molar-refractivity contribution >= 4 is 34.5 Å². The number of aromatic nitrogens is 4. The molecular weight excluding hydrogens is 465 g/mol. The molecule has 182 valence electrons. The Morgan fingerprint density at radius 3 is 2.47 bits per heavy atom. The van der Waals surface area contributed by atoms with Crippen molar-refractivity contribution in [2.24, 2.45) is 0 Å². The van der Waals surface area contributed by atoms with Crippen molar-refractivity contribution in [2.75, 3.05) is 24.5 Å². The first-order chi connectivity index (χ1) is 16.2. The minimum Gasteiger partial charge on any atom is -0.356 e. The van der Waals surface area contributed by atoms with E-state index in [9.17, 15) is 18.0 Å². The second-order valence-electron chi connectivity index (χ2n) is 8.48. The summed E-state index contributed by atoms with van der Waals surface area (Å²) in [6, 6.07) is 4.16. The monoisotopic (exact) mass is 492 g/mol. The van der Waals surface area contributed by atoms with Crippen molar-refractivity contribution in [1.29, 1.82) is 0 Å². The molecule has 0 saturated carbocycles. The van der Waals surface area contributed by atoms with Gasteiger partial charge in [0.15, 0.2) is 10.8 Å². The standard InChI is InChI=1S/C23H27F3N6OS/c1-15(2)34-22-29-19(31-11-4-3-5-12-31)18-14-28-32(20(18)30-22)13-10-27-21(33)16-6-8-17(9-7-16)23(24,25)26/h6-9,14-15H,3-5,10-13H2,1-2H3,(H,27,33). The van der Waals surface area contributed by atoms with Crippen molar-refractivity contribution in [1.82, 2.24) is 25.1 Å². The SMILES string of the molecule is CC(C)Sc1nc(N2CCCCC2)c2cnn(CCNC(=O)c3ccc(C(F)(F)F)cc3)c2n1. The molecule has 1 saturated heterocycles. The lowest BCUT2D eigenvalue weighted by Crippen LogP contribution is -2.30. The predicted molar refractivity (Wildman–Crippen MR) is 126 cm³/mol. The smallest absolute Gasteiger partial charge is 0.356 e. The van der Waals surface area contributed by atoms with Crippen LogP contribution in [-0.2, 0) is 12.7 Å². The normalized spacial score (nSPS) is 14.7. The Morgan fingerprint density at radius 2 is 1.82 bits per heavy atom. The molecule has 1 N–H and O–H groups in total. The van der Waals surface area contributed by atoms with E-state index in [2.05, 4.69) is 29.2 Å². The van der Waals surface area contributed by atoms with Crippen LogP contribution in [0.1, 0.15) is 49.0 Å². The van der Waals surface area contributed by atoms with Gasteiger partial charge in [0, 0.05) is 30.4 Å². The summed E-state index contributed by atoms with van der Waals surface area (Å²) >= 11 is 1.59. The highest BCUT2D eigenvalue weighted by Gasteiger charge is 2.30. The third-order valence-corrected chi connectivity index (χ3v) is 6.40. The largest absolute Gasteiger partial charge is 0.416 e. The second kappa shape index (κ2) is 10.2. The summed E-state index contributed by atoms with van der Waals surface area (Å²) < 4.78 is 39.9. The van der Waals surface area contributed by atoms with Gasteiger partial charge in [0.2, 0.25) is 0 Å². The average molecular weight is 493 g/mol. The van der Waals surface area contributed by atoms with Gasteiger partial charge in [-0.1, -0.05) is 25.6 Å². The number of nitrogens with zero attached hydrogens (tertiary/aromatic N) is 5. The number of hydrogen-bond acceptors (Lipinski definition) is 6. The maximum atomic E-state index is 12.7. The molecule has 11 heteroatoms. The van der Waals surface area contributed by atoms with Gasteiger partial charge in [0.1, 0.15) is 5.82 Å². The molecule has 1 aliphatic heterocycles. The number of carbonyl (C=O) groups is 1. The van der Waals surface area contributed by atoms with E-state index in [1.54, 1.807) is 22.6 Å². The predicted octanol–water partition coefficient (Wildman–Crippen LogP) is 4.77. The number of rotatable bonds is 7. The molecule has 0 spiro atoms. The van der Waals surface area contributed by atoms with Gasteiger partial charge in [-0.3, -0.25) is 4.79 Å². The molecule has 2 aromatic heterocycles. The molecule has 7 nitrogen and oxygen atoms in total. The average Bonchev–Trinajstić information content (AvgIpc) is 3.21. The minimum absolute atomic E-state index is 0.170. The molecule has 1 aliphatic rings. The van der Waals surface area contributed by atoms with Gasteiger partial charge in [0.25, 0.3) is 5.91 Å². The molecule has 1 aromatic carbocycles. The van der Waals surface area contributed by atoms with Crippen LogP contribution in [0.5, 0.6) is 0 Å². The highest BCUT2D eigenvalue weighted by Crippen LogP contribution is 2.31. The molecule has 3 heterocycles. The van der Waals surface area contributed by atoms with E-state index in [0.717, 1.165) is 49.3 Å². The maximum absolute atomic E-state index is 12.7. The van der Waals surface area contributed by atoms with E-state index in [-0.39, 0.29) is 12.1 Å². The Balaban J connectivity index is 1.49. The lowest BCUT2D eigenvalue weighted by molar-refractivity contribution is -0.137. The van der Waals surface area contributed by atoms with Crippen molar-refractivity contribution in [3.05, 3.63) is 41.6 Å². The van der Waals surface area contributed by atoms with Crippen LogP contribution >= 0.6 is 11.8 Å². The van der Waals surface area contributed by atoms with Crippen LogP contribution in [0.15, 0.2) is 35.6 Å². The van der Waals surface area contributed by atoms with Gasteiger partial charge in [-0.25, -0.2) is 14.6 Å². The summed E-state index contributed by atoms with van der Waals surface area (Å²) in [5, 5.41) is 9.12. The molecule has 3 aromatic rings. The van der Waals surface area contributed by atoms with Crippen molar-refractivity contribution in [2.45, 2.75) is 56.2 Å². The number of amides is 1. The molecular formula is C23H27F3N6OS. The molecule has 4 rings (SSSR count). The summed E-state index contributed by atoms with van der Waals surface area (Å²) in [4.78, 5) is 24.2. The number of fused-ring (bicyclic) bond motifs is 1. The number of carbonyl (C=O) groups excluding carboxylic acids is 1. The zero-order chi connectivity index (χ0) is 24.3. The maximum Gasteiger partial charge on any atom is 0.416 e. The third-order valence-electron chi connectivity index (χ3n) is 5.54. The van der Waals surface area contributed by atoms with Gasteiger partial charge < -0.3 is 10.2 Å². The number of nitrogens with one attached hydrogen (secondary N) is 1. The molecule has 0 aliphatic carbocycles. The first-order valence-electron chi connectivity index (χ1n) is 11.3. The number of alkyl halides is 3. The summed E-state index contributed by atoms with van der Waals surface area (Å²) in [6.45, 7) is 6.71. The molecule has 1 fully saturated rings. The number of halogens is 3. The quantitative estimate of drug-likeness (QED) is 0.378. The molecule has 0 radical (unpaired) electrons. The summed E-state index contributed by atoms with van der Waals surface area (Å²) in [7, 11) is 0. The van der Waals surface area contributed by atoms with Crippen molar-refractivity contribution in [3.63, 3.8) is 0 Å². The molecule has 0 unspecified atom stereocenters.